The van der Waals surface area contributed by atoms with E-state index in [4.69, 9.17) is 0 Å². The van der Waals surface area contributed by atoms with Crippen molar-refractivity contribution in [1.82, 2.24) is 15.6 Å². The fourth-order valence-electron chi connectivity index (χ4n) is 1.29. The van der Waals surface area contributed by atoms with Gasteiger partial charge in [-0.25, -0.2) is 4.98 Å². The van der Waals surface area contributed by atoms with Crippen molar-refractivity contribution < 1.29 is 0 Å². The number of thiazole rings is 1. The number of hydrogen-bond acceptors (Lipinski definition) is 3. The second-order valence-corrected chi connectivity index (χ2v) is 5.12. The SMILES string of the molecule is CCCNC(=NC)NCc1nc(C(C)C)cs1. The van der Waals surface area contributed by atoms with E-state index in [1.807, 2.05) is 0 Å². The summed E-state index contributed by atoms with van der Waals surface area (Å²) in [7, 11) is 1.78. The van der Waals surface area contributed by atoms with Crippen LogP contribution in [0.25, 0.3) is 0 Å². The number of nitrogens with one attached hydrogen (secondary N) is 2. The molecule has 17 heavy (non-hydrogen) atoms. The molecule has 0 saturated carbocycles. The van der Waals surface area contributed by atoms with Crippen molar-refractivity contribution in [2.24, 2.45) is 4.99 Å². The number of aliphatic imine (C=N–C) groups is 1. The van der Waals surface area contributed by atoms with Gasteiger partial charge in [0, 0.05) is 19.0 Å². The van der Waals surface area contributed by atoms with Gasteiger partial charge >= 0.3 is 0 Å². The topological polar surface area (TPSA) is 49.3 Å². The first-order valence-electron chi connectivity index (χ1n) is 6.06. The van der Waals surface area contributed by atoms with E-state index in [-0.39, 0.29) is 0 Å². The van der Waals surface area contributed by atoms with Crippen molar-refractivity contribution in [3.8, 4) is 0 Å². The van der Waals surface area contributed by atoms with Crippen LogP contribution in [0.2, 0.25) is 0 Å². The van der Waals surface area contributed by atoms with E-state index >= 15 is 0 Å². The summed E-state index contributed by atoms with van der Waals surface area (Å²) in [5.74, 6) is 1.34. The van der Waals surface area contributed by atoms with Gasteiger partial charge in [-0.1, -0.05) is 20.8 Å². The lowest BCUT2D eigenvalue weighted by Gasteiger charge is -2.09. The highest BCUT2D eigenvalue weighted by molar-refractivity contribution is 7.09. The highest BCUT2D eigenvalue weighted by atomic mass is 32.1. The Hall–Kier alpha value is -1.10. The molecule has 1 heterocycles. The minimum Gasteiger partial charge on any atom is -0.356 e. The Morgan fingerprint density at radius 1 is 1.47 bits per heavy atom. The summed E-state index contributed by atoms with van der Waals surface area (Å²) in [5, 5.41) is 9.73. The lowest BCUT2D eigenvalue weighted by molar-refractivity contribution is 0.770. The zero-order valence-corrected chi connectivity index (χ0v) is 11.9. The van der Waals surface area contributed by atoms with Gasteiger partial charge in [0.25, 0.3) is 0 Å². The summed E-state index contributed by atoms with van der Waals surface area (Å²) in [6, 6.07) is 0. The Morgan fingerprint density at radius 2 is 2.24 bits per heavy atom. The summed E-state index contributed by atoms with van der Waals surface area (Å²) >= 11 is 1.70. The van der Waals surface area contributed by atoms with Crippen LogP contribution in [0.3, 0.4) is 0 Å². The van der Waals surface area contributed by atoms with Gasteiger partial charge in [-0.3, -0.25) is 4.99 Å². The summed E-state index contributed by atoms with van der Waals surface area (Å²) in [4.78, 5) is 8.72. The zero-order valence-electron chi connectivity index (χ0n) is 11.1. The maximum Gasteiger partial charge on any atom is 0.191 e. The molecular formula is C12H22N4S. The van der Waals surface area contributed by atoms with E-state index in [1.54, 1.807) is 18.4 Å². The van der Waals surface area contributed by atoms with Crippen molar-refractivity contribution in [2.75, 3.05) is 13.6 Å². The van der Waals surface area contributed by atoms with E-state index in [2.05, 4.69) is 46.8 Å². The summed E-state index contributed by atoms with van der Waals surface area (Å²) < 4.78 is 0. The lowest BCUT2D eigenvalue weighted by atomic mass is 10.2. The van der Waals surface area contributed by atoms with Crippen molar-refractivity contribution in [3.63, 3.8) is 0 Å². The number of guanidine groups is 1. The van der Waals surface area contributed by atoms with E-state index in [0.29, 0.717) is 5.92 Å². The highest BCUT2D eigenvalue weighted by Gasteiger charge is 2.05. The number of rotatable bonds is 5. The summed E-state index contributed by atoms with van der Waals surface area (Å²) in [5.41, 5.74) is 1.17. The molecule has 0 unspecified atom stereocenters. The Balaban J connectivity index is 2.43. The molecule has 1 aromatic heterocycles. The molecule has 96 valence electrons. The number of aromatic nitrogens is 1. The van der Waals surface area contributed by atoms with Crippen LogP contribution in [-0.4, -0.2) is 24.5 Å². The molecule has 0 aliphatic heterocycles. The number of hydrogen-bond donors (Lipinski definition) is 2. The Morgan fingerprint density at radius 3 is 2.76 bits per heavy atom. The molecule has 5 heteroatoms. The number of nitrogens with zero attached hydrogens (tertiary/aromatic N) is 2. The molecule has 4 nitrogen and oxygen atoms in total. The minimum absolute atomic E-state index is 0.498. The van der Waals surface area contributed by atoms with Crippen LogP contribution in [0.5, 0.6) is 0 Å². The van der Waals surface area contributed by atoms with Gasteiger partial charge in [0.05, 0.1) is 12.2 Å². The molecule has 1 aromatic rings. The van der Waals surface area contributed by atoms with E-state index in [9.17, 15) is 0 Å². The van der Waals surface area contributed by atoms with Crippen LogP contribution in [0.4, 0.5) is 0 Å². The van der Waals surface area contributed by atoms with Crippen LogP contribution < -0.4 is 10.6 Å². The Labute approximate surface area is 108 Å². The van der Waals surface area contributed by atoms with Crippen molar-refractivity contribution in [2.45, 2.75) is 39.7 Å². The molecule has 2 N–H and O–H groups in total. The largest absolute Gasteiger partial charge is 0.356 e. The average Bonchev–Trinajstić information content (AvgIpc) is 2.78. The molecule has 0 radical (unpaired) electrons. The smallest absolute Gasteiger partial charge is 0.191 e. The first-order valence-corrected chi connectivity index (χ1v) is 6.94. The second-order valence-electron chi connectivity index (χ2n) is 4.17. The highest BCUT2D eigenvalue weighted by Crippen LogP contribution is 2.17. The van der Waals surface area contributed by atoms with Gasteiger partial charge in [-0.15, -0.1) is 11.3 Å². The third-order valence-electron chi connectivity index (χ3n) is 2.33. The van der Waals surface area contributed by atoms with Gasteiger partial charge < -0.3 is 10.6 Å². The lowest BCUT2D eigenvalue weighted by Crippen LogP contribution is -2.37. The molecule has 0 bridgehead atoms. The summed E-state index contributed by atoms with van der Waals surface area (Å²) in [6.45, 7) is 8.13. The van der Waals surface area contributed by atoms with Gasteiger partial charge in [0.2, 0.25) is 0 Å². The molecule has 0 fully saturated rings. The maximum atomic E-state index is 4.57. The van der Waals surface area contributed by atoms with Crippen LogP contribution in [0.15, 0.2) is 10.4 Å². The van der Waals surface area contributed by atoms with Crippen molar-refractivity contribution >= 4 is 17.3 Å². The second kappa shape index (κ2) is 7.27. The molecular weight excluding hydrogens is 232 g/mol. The average molecular weight is 254 g/mol. The third-order valence-corrected chi connectivity index (χ3v) is 3.20. The van der Waals surface area contributed by atoms with Crippen LogP contribution in [0.1, 0.15) is 43.8 Å². The van der Waals surface area contributed by atoms with E-state index < -0.39 is 0 Å². The van der Waals surface area contributed by atoms with Gasteiger partial charge in [0.15, 0.2) is 5.96 Å². The predicted octanol–water partition coefficient (Wildman–Crippen LogP) is 2.34. The van der Waals surface area contributed by atoms with Gasteiger partial charge in [-0.2, -0.15) is 0 Å². The molecule has 0 atom stereocenters. The fourth-order valence-corrected chi connectivity index (χ4v) is 2.19. The van der Waals surface area contributed by atoms with Crippen LogP contribution in [-0.2, 0) is 6.54 Å². The van der Waals surface area contributed by atoms with Gasteiger partial charge in [-0.05, 0) is 12.3 Å². The maximum absolute atomic E-state index is 4.57. The fraction of sp³-hybridized carbons (Fsp3) is 0.667. The van der Waals surface area contributed by atoms with Crippen LogP contribution >= 0.6 is 11.3 Å². The third kappa shape index (κ3) is 4.73. The quantitative estimate of drug-likeness (QED) is 0.626. The van der Waals surface area contributed by atoms with Crippen LogP contribution in [0, 0.1) is 0 Å². The molecule has 0 aliphatic carbocycles. The van der Waals surface area contributed by atoms with Crippen molar-refractivity contribution in [3.05, 3.63) is 16.1 Å². The monoisotopic (exact) mass is 254 g/mol. The van der Waals surface area contributed by atoms with Crippen molar-refractivity contribution in [1.29, 1.82) is 0 Å². The standard InChI is InChI=1S/C12H22N4S/c1-5-6-14-12(13-4)15-7-11-16-10(8-17-11)9(2)3/h8-9H,5-7H2,1-4H3,(H2,13,14,15). The molecule has 0 saturated heterocycles. The molecule has 0 spiro atoms. The molecule has 0 aliphatic rings. The predicted molar refractivity (Wildman–Crippen MR) is 74.7 cm³/mol. The van der Waals surface area contributed by atoms with Gasteiger partial charge in [0.1, 0.15) is 5.01 Å². The first-order chi connectivity index (χ1) is 8.17. The molecule has 0 aromatic carbocycles. The van der Waals surface area contributed by atoms with E-state index in [1.165, 1.54) is 5.69 Å². The Kier molecular flexibility index (Phi) is 5.97. The Bertz CT molecular complexity index is 357. The minimum atomic E-state index is 0.498. The summed E-state index contributed by atoms with van der Waals surface area (Å²) in [6.07, 6.45) is 1.09. The molecule has 1 rings (SSSR count). The zero-order chi connectivity index (χ0) is 12.7. The van der Waals surface area contributed by atoms with E-state index in [0.717, 1.165) is 30.5 Å². The first kappa shape index (κ1) is 14.0. The normalized spacial score (nSPS) is 11.9. The molecule has 0 amide bonds.